The van der Waals surface area contributed by atoms with Crippen molar-refractivity contribution in [2.24, 2.45) is 5.92 Å². The molecular weight excluding hydrogens is 418 g/mol. The number of hydrogen-bond donors (Lipinski definition) is 1. The number of alkyl halides is 3. The number of fused-ring (bicyclic) bond motifs is 2. The third-order valence-corrected chi connectivity index (χ3v) is 6.55. The van der Waals surface area contributed by atoms with E-state index >= 15 is 0 Å². The summed E-state index contributed by atoms with van der Waals surface area (Å²) in [5.74, 6) is -0.831. The van der Waals surface area contributed by atoms with Crippen molar-refractivity contribution in [3.8, 4) is 0 Å². The molecule has 0 saturated carbocycles. The fourth-order valence-corrected chi connectivity index (χ4v) is 5.09. The van der Waals surface area contributed by atoms with E-state index in [1.54, 1.807) is 26.1 Å². The van der Waals surface area contributed by atoms with E-state index in [2.05, 4.69) is 15.3 Å². The normalized spacial score (nSPS) is 21.6. The number of nitrogens with zero attached hydrogens (tertiary/aromatic N) is 2. The minimum Gasteiger partial charge on any atom is -0.377 e. The lowest BCUT2D eigenvalue weighted by Gasteiger charge is -2.41. The van der Waals surface area contributed by atoms with Crippen molar-refractivity contribution in [2.75, 3.05) is 5.32 Å². The molecule has 4 rings (SSSR count). The van der Waals surface area contributed by atoms with Crippen LogP contribution in [0.25, 0.3) is 10.9 Å². The molecule has 170 valence electrons. The van der Waals surface area contributed by atoms with Gasteiger partial charge in [0.2, 0.25) is 0 Å². The van der Waals surface area contributed by atoms with Crippen LogP contribution in [0.3, 0.4) is 0 Å². The second kappa shape index (κ2) is 9.04. The maximum atomic E-state index is 14.9. The lowest BCUT2D eigenvalue weighted by molar-refractivity contribution is 0.00335. The van der Waals surface area contributed by atoms with Gasteiger partial charge >= 0.3 is 0 Å². The number of anilines is 1. The second-order valence-electron chi connectivity index (χ2n) is 8.62. The van der Waals surface area contributed by atoms with Gasteiger partial charge in [-0.25, -0.2) is 27.5 Å². The average molecular weight is 446 g/mol. The van der Waals surface area contributed by atoms with Crippen LogP contribution in [0, 0.1) is 25.6 Å². The Morgan fingerprint density at radius 3 is 2.62 bits per heavy atom. The lowest BCUT2D eigenvalue weighted by atomic mass is 9.69. The highest BCUT2D eigenvalue weighted by Crippen LogP contribution is 2.49. The summed E-state index contributed by atoms with van der Waals surface area (Å²) in [6.45, 7) is 5.49. The van der Waals surface area contributed by atoms with E-state index in [1.165, 1.54) is 6.07 Å². The highest BCUT2D eigenvalue weighted by Gasteiger charge is 2.43. The van der Waals surface area contributed by atoms with Gasteiger partial charge in [0.05, 0.1) is 11.6 Å². The number of hydrogen-bond acceptors (Lipinski definition) is 3. The van der Waals surface area contributed by atoms with Crippen LogP contribution in [-0.4, -0.2) is 22.6 Å². The Kier molecular flexibility index (Phi) is 6.35. The Bertz CT molecular complexity index is 1120. The Morgan fingerprint density at radius 2 is 1.91 bits per heavy atom. The summed E-state index contributed by atoms with van der Waals surface area (Å²) in [7, 11) is 0. The molecule has 0 radical (unpaired) electrons. The molecule has 3 aromatic rings. The molecule has 2 aromatic carbocycles. The van der Waals surface area contributed by atoms with Crippen molar-refractivity contribution in [2.45, 2.75) is 64.6 Å². The van der Waals surface area contributed by atoms with Crippen LogP contribution in [0.1, 0.15) is 60.7 Å². The Balaban J connectivity index is 1.85. The predicted octanol–water partition coefficient (Wildman–Crippen LogP) is 7.05. The molecule has 0 spiro atoms. The van der Waals surface area contributed by atoms with Crippen LogP contribution >= 0.6 is 0 Å². The Morgan fingerprint density at radius 1 is 1.12 bits per heavy atom. The quantitative estimate of drug-likeness (QED) is 0.413. The molecule has 7 heteroatoms. The molecule has 1 aromatic heterocycles. The largest absolute Gasteiger partial charge is 0.377 e. The standard InChI is InChI=1S/C25H27F4N3/c1-4-6-15-11-17(23(27)25(28)29)24(16-9-10-19(26)13(2)22(15)16)32-21-8-5-7-20-18(21)12-30-14(3)31-20/h5,7-10,12,15,17,23-25,32H,4,6,11H2,1-3H3. The molecule has 0 bridgehead atoms. The van der Waals surface area contributed by atoms with Crippen LogP contribution in [0.4, 0.5) is 23.2 Å². The van der Waals surface area contributed by atoms with Crippen molar-refractivity contribution in [1.82, 2.24) is 9.97 Å². The molecular formula is C25H27F4N3. The summed E-state index contributed by atoms with van der Waals surface area (Å²) in [6, 6.07) is 7.70. The molecule has 1 N–H and O–H groups in total. The first kappa shape index (κ1) is 22.5. The van der Waals surface area contributed by atoms with Gasteiger partial charge in [-0.3, -0.25) is 0 Å². The third kappa shape index (κ3) is 4.05. The zero-order valence-corrected chi connectivity index (χ0v) is 18.4. The highest BCUT2D eigenvalue weighted by atomic mass is 19.3. The number of rotatable bonds is 6. The molecule has 0 saturated heterocycles. The van der Waals surface area contributed by atoms with Crippen molar-refractivity contribution in [3.05, 3.63) is 64.9 Å². The molecule has 4 unspecified atom stereocenters. The first-order valence-corrected chi connectivity index (χ1v) is 11.0. The molecule has 32 heavy (non-hydrogen) atoms. The second-order valence-corrected chi connectivity index (χ2v) is 8.62. The molecule has 1 aliphatic rings. The van der Waals surface area contributed by atoms with Gasteiger partial charge in [0.15, 0.2) is 6.17 Å². The Hall–Kier alpha value is -2.70. The topological polar surface area (TPSA) is 37.8 Å². The maximum Gasteiger partial charge on any atom is 0.269 e. The highest BCUT2D eigenvalue weighted by molar-refractivity contribution is 5.90. The van der Waals surface area contributed by atoms with Crippen LogP contribution in [0.15, 0.2) is 36.5 Å². The fourth-order valence-electron chi connectivity index (χ4n) is 5.09. The maximum absolute atomic E-state index is 14.9. The lowest BCUT2D eigenvalue weighted by Crippen LogP contribution is -2.38. The van der Waals surface area contributed by atoms with Crippen molar-refractivity contribution >= 4 is 16.6 Å². The third-order valence-electron chi connectivity index (χ3n) is 6.55. The number of benzene rings is 2. The minimum atomic E-state index is -3.09. The van der Waals surface area contributed by atoms with Crippen LogP contribution in [0.5, 0.6) is 0 Å². The molecule has 0 fully saturated rings. The van der Waals surface area contributed by atoms with E-state index in [1.807, 2.05) is 25.1 Å². The molecule has 1 heterocycles. The number of halogens is 4. The van der Waals surface area contributed by atoms with E-state index < -0.39 is 24.6 Å². The SMILES string of the molecule is CCCC1CC(C(F)C(F)F)C(Nc2cccc3nc(C)ncc23)c2ccc(F)c(C)c21. The van der Waals surface area contributed by atoms with Crippen LogP contribution in [-0.2, 0) is 0 Å². The first-order valence-electron chi connectivity index (χ1n) is 11.0. The summed E-state index contributed by atoms with van der Waals surface area (Å²) < 4.78 is 56.5. The molecule has 0 aliphatic heterocycles. The number of nitrogens with one attached hydrogen (secondary N) is 1. The summed E-state index contributed by atoms with van der Waals surface area (Å²) in [6.07, 6.45) is -1.98. The zero-order chi connectivity index (χ0) is 23.0. The van der Waals surface area contributed by atoms with Gasteiger partial charge in [0, 0.05) is 23.2 Å². The van der Waals surface area contributed by atoms with Crippen LogP contribution < -0.4 is 5.32 Å². The number of aryl methyl sites for hydroxylation is 1. The summed E-state index contributed by atoms with van der Waals surface area (Å²) in [5.41, 5.74) is 3.36. The molecule has 0 amide bonds. The van der Waals surface area contributed by atoms with E-state index in [-0.39, 0.29) is 18.2 Å². The minimum absolute atomic E-state index is 0.163. The zero-order valence-electron chi connectivity index (χ0n) is 18.4. The average Bonchev–Trinajstić information content (AvgIpc) is 2.76. The fraction of sp³-hybridized carbons (Fsp3) is 0.440. The van der Waals surface area contributed by atoms with Gasteiger partial charge < -0.3 is 5.32 Å². The van der Waals surface area contributed by atoms with Gasteiger partial charge in [0.1, 0.15) is 11.6 Å². The van der Waals surface area contributed by atoms with Gasteiger partial charge in [-0.1, -0.05) is 25.5 Å². The Labute approximate surface area is 185 Å². The molecule has 1 aliphatic carbocycles. The molecule has 4 atom stereocenters. The van der Waals surface area contributed by atoms with Gasteiger partial charge in [-0.15, -0.1) is 0 Å². The predicted molar refractivity (Wildman–Crippen MR) is 118 cm³/mol. The first-order chi connectivity index (χ1) is 15.3. The van der Waals surface area contributed by atoms with E-state index in [0.29, 0.717) is 34.6 Å². The van der Waals surface area contributed by atoms with Gasteiger partial charge in [-0.05, 0) is 67.5 Å². The van der Waals surface area contributed by atoms with Gasteiger partial charge in [-0.2, -0.15) is 0 Å². The van der Waals surface area contributed by atoms with Crippen LogP contribution in [0.2, 0.25) is 0 Å². The van der Waals surface area contributed by atoms with E-state index in [4.69, 9.17) is 0 Å². The molecule has 3 nitrogen and oxygen atoms in total. The van der Waals surface area contributed by atoms with E-state index in [9.17, 15) is 17.6 Å². The summed E-state index contributed by atoms with van der Waals surface area (Å²) >= 11 is 0. The van der Waals surface area contributed by atoms with Crippen molar-refractivity contribution < 1.29 is 17.6 Å². The number of aromatic nitrogens is 2. The smallest absolute Gasteiger partial charge is 0.269 e. The summed E-state index contributed by atoms with van der Waals surface area (Å²) in [4.78, 5) is 8.68. The van der Waals surface area contributed by atoms with Crippen molar-refractivity contribution in [3.63, 3.8) is 0 Å². The van der Waals surface area contributed by atoms with Crippen molar-refractivity contribution in [1.29, 1.82) is 0 Å². The monoisotopic (exact) mass is 445 g/mol. The van der Waals surface area contributed by atoms with E-state index in [0.717, 1.165) is 17.4 Å². The van der Waals surface area contributed by atoms with Gasteiger partial charge in [0.25, 0.3) is 6.43 Å². The summed E-state index contributed by atoms with van der Waals surface area (Å²) in [5, 5.41) is 4.04.